The van der Waals surface area contributed by atoms with Gasteiger partial charge < -0.3 is 14.8 Å². The minimum atomic E-state index is -3.24. The van der Waals surface area contributed by atoms with Crippen molar-refractivity contribution in [2.75, 3.05) is 6.61 Å². The molecular formula is C27H47F2NO3S. The van der Waals surface area contributed by atoms with E-state index in [1.165, 1.54) is 0 Å². The number of thiol groups is 1. The van der Waals surface area contributed by atoms with Crippen LogP contribution in [0.1, 0.15) is 101 Å². The van der Waals surface area contributed by atoms with E-state index in [0.717, 1.165) is 32.1 Å². The maximum Gasteiger partial charge on any atom is 0.324 e. The molecule has 4 nitrogen and oxygen atoms in total. The third kappa shape index (κ3) is 6.29. The van der Waals surface area contributed by atoms with Crippen LogP contribution in [0, 0.1) is 22.2 Å². The van der Waals surface area contributed by atoms with E-state index in [-0.39, 0.29) is 28.9 Å². The van der Waals surface area contributed by atoms with Crippen LogP contribution in [0.25, 0.3) is 0 Å². The predicted molar refractivity (Wildman–Crippen MR) is 137 cm³/mol. The first kappa shape index (κ1) is 29.4. The van der Waals surface area contributed by atoms with Gasteiger partial charge in [-0.05, 0) is 63.2 Å². The summed E-state index contributed by atoms with van der Waals surface area (Å²) in [5, 5.41) is 0.337. The molecular weight excluding hydrogens is 456 g/mol. The lowest BCUT2D eigenvalue weighted by Gasteiger charge is -2.44. The molecule has 34 heavy (non-hydrogen) atoms. The summed E-state index contributed by atoms with van der Waals surface area (Å²) in [7, 11) is 0. The first-order valence-corrected chi connectivity index (χ1v) is 13.1. The number of esters is 1. The zero-order valence-electron chi connectivity index (χ0n) is 22.7. The topological polar surface area (TPSA) is 57.5 Å². The van der Waals surface area contributed by atoms with Gasteiger partial charge in [-0.3, -0.25) is 4.79 Å². The van der Waals surface area contributed by atoms with Crippen LogP contribution in [-0.2, 0) is 14.3 Å². The molecule has 0 bridgehead atoms. The van der Waals surface area contributed by atoms with Crippen molar-refractivity contribution in [3.8, 4) is 0 Å². The van der Waals surface area contributed by atoms with Crippen molar-refractivity contribution in [1.82, 2.24) is 5.32 Å². The quantitative estimate of drug-likeness (QED) is 0.144. The van der Waals surface area contributed by atoms with Crippen LogP contribution in [0.3, 0.4) is 0 Å². The minimum absolute atomic E-state index is 0.104. The fraction of sp³-hybridized carbons (Fsp3) is 0.889. The van der Waals surface area contributed by atoms with Crippen LogP contribution in [0.4, 0.5) is 8.78 Å². The van der Waals surface area contributed by atoms with Crippen molar-refractivity contribution in [3.05, 3.63) is 12.3 Å². The summed E-state index contributed by atoms with van der Waals surface area (Å²) in [6.45, 7) is 21.8. The fourth-order valence-corrected chi connectivity index (χ4v) is 5.64. The Balaban J connectivity index is 2.37. The van der Waals surface area contributed by atoms with Gasteiger partial charge in [-0.15, -0.1) is 12.6 Å². The molecule has 1 saturated carbocycles. The molecule has 2 fully saturated rings. The third-order valence-corrected chi connectivity index (χ3v) is 8.49. The van der Waals surface area contributed by atoms with E-state index in [0.29, 0.717) is 12.2 Å². The largest absolute Gasteiger partial charge is 0.491 e. The third-order valence-electron chi connectivity index (χ3n) is 8.36. The van der Waals surface area contributed by atoms with Gasteiger partial charge in [-0.2, -0.15) is 8.78 Å². The van der Waals surface area contributed by atoms with Crippen molar-refractivity contribution < 1.29 is 23.0 Å². The average Bonchev–Trinajstić information content (AvgIpc) is 3.15. The van der Waals surface area contributed by atoms with E-state index in [9.17, 15) is 13.6 Å². The Kier molecular flexibility index (Phi) is 8.28. The normalized spacial score (nSPS) is 27.6. The smallest absolute Gasteiger partial charge is 0.324 e. The molecule has 198 valence electrons. The number of alkyl halides is 2. The van der Waals surface area contributed by atoms with Crippen LogP contribution in [0.2, 0.25) is 0 Å². The second-order valence-corrected chi connectivity index (χ2v) is 13.8. The maximum atomic E-state index is 13.9. The fourth-order valence-electron chi connectivity index (χ4n) is 5.57. The summed E-state index contributed by atoms with van der Waals surface area (Å²) in [6.07, 6.45) is 5.43. The van der Waals surface area contributed by atoms with Gasteiger partial charge in [0.15, 0.2) is 6.61 Å². The van der Waals surface area contributed by atoms with E-state index in [1.54, 1.807) is 0 Å². The Bertz CT molecular complexity index is 761. The number of ether oxygens (including phenoxy) is 2. The second-order valence-electron chi connectivity index (χ2n) is 13.2. The molecule has 0 aromatic rings. The van der Waals surface area contributed by atoms with Crippen molar-refractivity contribution in [2.45, 2.75) is 123 Å². The van der Waals surface area contributed by atoms with Gasteiger partial charge in [-0.1, -0.05) is 55.0 Å². The summed E-state index contributed by atoms with van der Waals surface area (Å²) >= 11 is 3.30. The lowest BCUT2D eigenvalue weighted by atomic mass is 9.61. The zero-order valence-corrected chi connectivity index (χ0v) is 23.6. The molecule has 7 heteroatoms. The van der Waals surface area contributed by atoms with E-state index < -0.39 is 28.2 Å². The van der Waals surface area contributed by atoms with Crippen LogP contribution in [-0.4, -0.2) is 35.0 Å². The van der Waals surface area contributed by atoms with Gasteiger partial charge >= 0.3 is 11.2 Å². The van der Waals surface area contributed by atoms with Crippen molar-refractivity contribution in [3.63, 3.8) is 0 Å². The number of carbonyl (C=O) groups excluding carboxylic acids is 1. The standard InChI is InChI=1S/C27H47F2NO3S/c1-11-26(14-12-13-15-26)33-21(31)24(9,23(6,7)8)20-25(10,30-20)19(16-22(3,4)5)18(2)32-17-27(28,29)34/h19-20,30,34H,2,11-17H2,1,3-10H3. The first-order chi connectivity index (χ1) is 15.2. The molecule has 4 unspecified atom stereocenters. The predicted octanol–water partition coefficient (Wildman–Crippen LogP) is 7.14. The van der Waals surface area contributed by atoms with Crippen LogP contribution >= 0.6 is 12.6 Å². The van der Waals surface area contributed by atoms with Gasteiger partial charge in [0.25, 0.3) is 0 Å². The van der Waals surface area contributed by atoms with E-state index in [1.807, 2.05) is 13.8 Å². The Morgan fingerprint density at radius 1 is 1.15 bits per heavy atom. The summed E-state index contributed by atoms with van der Waals surface area (Å²) in [6, 6.07) is -0.216. The van der Waals surface area contributed by atoms with E-state index in [4.69, 9.17) is 9.47 Å². The number of nitrogens with one attached hydrogen (secondary N) is 1. The van der Waals surface area contributed by atoms with E-state index >= 15 is 0 Å². The lowest BCUT2D eigenvalue weighted by Crippen LogP contribution is -2.51. The van der Waals surface area contributed by atoms with Gasteiger partial charge in [-0.25, -0.2) is 0 Å². The highest BCUT2D eigenvalue weighted by Crippen LogP contribution is 2.57. The highest BCUT2D eigenvalue weighted by Gasteiger charge is 2.69. The average molecular weight is 504 g/mol. The van der Waals surface area contributed by atoms with Gasteiger partial charge in [0.1, 0.15) is 5.60 Å². The number of carbonyl (C=O) groups is 1. The molecule has 0 spiro atoms. The molecule has 1 heterocycles. The maximum absolute atomic E-state index is 13.9. The number of rotatable bonds is 10. The van der Waals surface area contributed by atoms with Crippen LogP contribution in [0.5, 0.6) is 0 Å². The molecule has 2 aliphatic rings. The molecule has 1 aliphatic carbocycles. The molecule has 1 aliphatic heterocycles. The summed E-state index contributed by atoms with van der Waals surface area (Å²) < 4.78 is 38.6. The molecule has 2 rings (SSSR count). The first-order valence-electron chi connectivity index (χ1n) is 12.6. The molecule has 0 radical (unpaired) electrons. The van der Waals surface area contributed by atoms with Crippen molar-refractivity contribution >= 4 is 18.6 Å². The molecule has 0 aromatic heterocycles. The monoisotopic (exact) mass is 503 g/mol. The van der Waals surface area contributed by atoms with Crippen molar-refractivity contribution in [1.29, 1.82) is 0 Å². The Morgan fingerprint density at radius 2 is 1.68 bits per heavy atom. The lowest BCUT2D eigenvalue weighted by molar-refractivity contribution is -0.179. The molecule has 1 N–H and O–H groups in total. The Hall–Kier alpha value is -0.820. The van der Waals surface area contributed by atoms with Crippen LogP contribution < -0.4 is 5.32 Å². The minimum Gasteiger partial charge on any atom is -0.491 e. The van der Waals surface area contributed by atoms with Crippen molar-refractivity contribution in [2.24, 2.45) is 22.2 Å². The zero-order chi connectivity index (χ0) is 26.4. The Morgan fingerprint density at radius 3 is 2.09 bits per heavy atom. The van der Waals surface area contributed by atoms with Gasteiger partial charge in [0.2, 0.25) is 0 Å². The Labute approximate surface area is 211 Å². The summed E-state index contributed by atoms with van der Waals surface area (Å²) in [5.41, 5.74) is -2.28. The van der Waals surface area contributed by atoms with E-state index in [2.05, 4.69) is 73.0 Å². The highest BCUT2D eigenvalue weighted by atomic mass is 32.1. The number of halogens is 2. The SMILES string of the molecule is C=C(OCC(F)(F)S)C(CC(C)(C)C)C1(C)NC1C(C)(C(=O)OC1(CC)CCCC1)C(C)(C)C. The number of hydrogen-bond donors (Lipinski definition) is 2. The molecule has 0 amide bonds. The molecule has 4 atom stereocenters. The van der Waals surface area contributed by atoms with Crippen LogP contribution in [0.15, 0.2) is 12.3 Å². The highest BCUT2D eigenvalue weighted by molar-refractivity contribution is 7.81. The second kappa shape index (κ2) is 9.57. The van der Waals surface area contributed by atoms with Gasteiger partial charge in [0.05, 0.1) is 11.2 Å². The van der Waals surface area contributed by atoms with Gasteiger partial charge in [0, 0.05) is 17.5 Å². The summed E-state index contributed by atoms with van der Waals surface area (Å²) in [5.74, 6) is -0.159. The number of hydrogen-bond acceptors (Lipinski definition) is 5. The molecule has 1 saturated heterocycles. The summed E-state index contributed by atoms with van der Waals surface area (Å²) in [4.78, 5) is 13.9. The molecule has 0 aromatic carbocycles.